The zero-order valence-electron chi connectivity index (χ0n) is 16.0. The van der Waals surface area contributed by atoms with E-state index in [9.17, 15) is 9.59 Å². The molecule has 0 saturated heterocycles. The molecule has 26 heavy (non-hydrogen) atoms. The SMILES string of the molecule is C=CCNC(=O)C(C)N(C)CC(=O)Nc1ccc(OCC)c(OCC)c1. The van der Waals surface area contributed by atoms with E-state index in [1.807, 2.05) is 13.8 Å². The largest absolute Gasteiger partial charge is 0.490 e. The van der Waals surface area contributed by atoms with Gasteiger partial charge in [0.2, 0.25) is 11.8 Å². The Morgan fingerprint density at radius 1 is 1.23 bits per heavy atom. The van der Waals surface area contributed by atoms with Crippen LogP contribution in [0.25, 0.3) is 0 Å². The van der Waals surface area contributed by atoms with Crippen molar-refractivity contribution in [2.75, 3.05) is 38.7 Å². The van der Waals surface area contributed by atoms with Gasteiger partial charge in [0.1, 0.15) is 0 Å². The number of carbonyl (C=O) groups is 2. The van der Waals surface area contributed by atoms with Crippen LogP contribution in [-0.2, 0) is 9.59 Å². The molecule has 0 fully saturated rings. The molecule has 7 nitrogen and oxygen atoms in total. The van der Waals surface area contributed by atoms with E-state index >= 15 is 0 Å². The quantitative estimate of drug-likeness (QED) is 0.588. The third kappa shape index (κ3) is 6.76. The molecular formula is C19H29N3O4. The second-order valence-electron chi connectivity index (χ2n) is 5.70. The monoisotopic (exact) mass is 363 g/mol. The molecule has 1 aromatic carbocycles. The van der Waals surface area contributed by atoms with Gasteiger partial charge in [-0.15, -0.1) is 6.58 Å². The Kier molecular flexibility index (Phi) is 9.22. The van der Waals surface area contributed by atoms with Crippen LogP contribution in [0.15, 0.2) is 30.9 Å². The van der Waals surface area contributed by atoms with E-state index in [1.165, 1.54) is 0 Å². The number of nitrogens with one attached hydrogen (secondary N) is 2. The molecule has 0 aliphatic heterocycles. The van der Waals surface area contributed by atoms with Gasteiger partial charge in [0.15, 0.2) is 11.5 Å². The van der Waals surface area contributed by atoms with E-state index in [1.54, 1.807) is 43.1 Å². The number of hydrogen-bond acceptors (Lipinski definition) is 5. The molecule has 0 bridgehead atoms. The van der Waals surface area contributed by atoms with Crippen molar-refractivity contribution in [1.82, 2.24) is 10.2 Å². The molecule has 0 saturated carbocycles. The Bertz CT molecular complexity index is 619. The van der Waals surface area contributed by atoms with E-state index < -0.39 is 6.04 Å². The van der Waals surface area contributed by atoms with Gasteiger partial charge in [-0.1, -0.05) is 6.08 Å². The normalized spacial score (nSPS) is 11.6. The lowest BCUT2D eigenvalue weighted by Crippen LogP contribution is -2.45. The number of hydrogen-bond donors (Lipinski definition) is 2. The van der Waals surface area contributed by atoms with Crippen molar-refractivity contribution in [2.45, 2.75) is 26.8 Å². The highest BCUT2D eigenvalue weighted by Gasteiger charge is 2.19. The minimum atomic E-state index is -0.431. The fourth-order valence-corrected chi connectivity index (χ4v) is 2.21. The van der Waals surface area contributed by atoms with Gasteiger partial charge < -0.3 is 20.1 Å². The second-order valence-corrected chi connectivity index (χ2v) is 5.70. The number of benzene rings is 1. The highest BCUT2D eigenvalue weighted by Crippen LogP contribution is 2.30. The van der Waals surface area contributed by atoms with Gasteiger partial charge in [-0.25, -0.2) is 0 Å². The highest BCUT2D eigenvalue weighted by molar-refractivity contribution is 5.93. The number of rotatable bonds is 11. The predicted octanol–water partition coefficient (Wildman–Crippen LogP) is 2.04. The fourth-order valence-electron chi connectivity index (χ4n) is 2.21. The predicted molar refractivity (Wildman–Crippen MR) is 103 cm³/mol. The van der Waals surface area contributed by atoms with Crippen LogP contribution in [0.2, 0.25) is 0 Å². The standard InChI is InChI=1S/C19H29N3O4/c1-6-11-20-19(24)14(4)22(5)13-18(23)21-15-9-10-16(25-7-2)17(12-15)26-8-3/h6,9-10,12,14H,1,7-8,11,13H2,2-5H3,(H,20,24)(H,21,23). The van der Waals surface area contributed by atoms with Crippen LogP contribution in [0.3, 0.4) is 0 Å². The van der Waals surface area contributed by atoms with Gasteiger partial charge in [0.05, 0.1) is 25.8 Å². The number of amides is 2. The maximum atomic E-state index is 12.3. The van der Waals surface area contributed by atoms with Gasteiger partial charge in [0, 0.05) is 18.3 Å². The topological polar surface area (TPSA) is 79.9 Å². The highest BCUT2D eigenvalue weighted by atomic mass is 16.5. The maximum Gasteiger partial charge on any atom is 0.238 e. The minimum Gasteiger partial charge on any atom is -0.490 e. The molecule has 0 spiro atoms. The van der Waals surface area contributed by atoms with Crippen molar-refractivity contribution in [1.29, 1.82) is 0 Å². The van der Waals surface area contributed by atoms with E-state index in [-0.39, 0.29) is 18.4 Å². The van der Waals surface area contributed by atoms with Crippen LogP contribution < -0.4 is 20.1 Å². The average Bonchev–Trinajstić information content (AvgIpc) is 2.61. The zero-order valence-corrected chi connectivity index (χ0v) is 16.0. The first-order valence-electron chi connectivity index (χ1n) is 8.71. The molecule has 144 valence electrons. The second kappa shape index (κ2) is 11.1. The smallest absolute Gasteiger partial charge is 0.238 e. The van der Waals surface area contributed by atoms with Crippen molar-refractivity contribution in [2.24, 2.45) is 0 Å². The molecule has 0 aromatic heterocycles. The number of ether oxygens (including phenoxy) is 2. The molecule has 0 heterocycles. The van der Waals surface area contributed by atoms with Crippen molar-refractivity contribution in [3.8, 4) is 11.5 Å². The molecule has 1 rings (SSSR count). The summed E-state index contributed by atoms with van der Waals surface area (Å²) in [5.41, 5.74) is 0.610. The molecule has 1 unspecified atom stereocenters. The Hall–Kier alpha value is -2.54. The summed E-state index contributed by atoms with van der Waals surface area (Å²) in [7, 11) is 1.72. The molecule has 7 heteroatoms. The van der Waals surface area contributed by atoms with E-state index in [0.29, 0.717) is 36.9 Å². The van der Waals surface area contributed by atoms with Crippen LogP contribution in [-0.4, -0.2) is 56.1 Å². The minimum absolute atomic E-state index is 0.0832. The Morgan fingerprint density at radius 2 is 1.88 bits per heavy atom. The Labute approximate surface area is 155 Å². The van der Waals surface area contributed by atoms with Crippen LogP contribution in [0.5, 0.6) is 11.5 Å². The Balaban J connectivity index is 2.67. The van der Waals surface area contributed by atoms with Gasteiger partial charge in [0.25, 0.3) is 0 Å². The van der Waals surface area contributed by atoms with Crippen LogP contribution >= 0.6 is 0 Å². The van der Waals surface area contributed by atoms with Crippen LogP contribution in [0.4, 0.5) is 5.69 Å². The Morgan fingerprint density at radius 3 is 2.50 bits per heavy atom. The third-order valence-corrected chi connectivity index (χ3v) is 3.68. The molecule has 1 atom stereocenters. The van der Waals surface area contributed by atoms with E-state index in [4.69, 9.17) is 9.47 Å². The molecule has 0 aliphatic rings. The molecule has 2 N–H and O–H groups in total. The van der Waals surface area contributed by atoms with Crippen molar-refractivity contribution in [3.63, 3.8) is 0 Å². The summed E-state index contributed by atoms with van der Waals surface area (Å²) in [5, 5.41) is 5.53. The lowest BCUT2D eigenvalue weighted by atomic mass is 10.2. The van der Waals surface area contributed by atoms with E-state index in [2.05, 4.69) is 17.2 Å². The first-order valence-corrected chi connectivity index (χ1v) is 8.71. The number of likely N-dealkylation sites (N-methyl/N-ethyl adjacent to an activating group) is 1. The summed E-state index contributed by atoms with van der Waals surface area (Å²) in [6.45, 7) is 10.6. The molecule has 2 amide bonds. The molecule has 0 radical (unpaired) electrons. The summed E-state index contributed by atoms with van der Waals surface area (Å²) in [6, 6.07) is 4.82. The first kappa shape index (κ1) is 21.5. The van der Waals surface area contributed by atoms with Gasteiger partial charge in [-0.2, -0.15) is 0 Å². The molecule has 0 aliphatic carbocycles. The summed E-state index contributed by atoms with van der Waals surface area (Å²) < 4.78 is 11.1. The summed E-state index contributed by atoms with van der Waals surface area (Å²) in [6.07, 6.45) is 1.61. The number of nitrogens with zero attached hydrogens (tertiary/aromatic N) is 1. The van der Waals surface area contributed by atoms with Gasteiger partial charge in [-0.3, -0.25) is 14.5 Å². The third-order valence-electron chi connectivity index (χ3n) is 3.68. The maximum absolute atomic E-state index is 12.3. The van der Waals surface area contributed by atoms with Gasteiger partial charge >= 0.3 is 0 Å². The lowest BCUT2D eigenvalue weighted by molar-refractivity contribution is -0.126. The van der Waals surface area contributed by atoms with Gasteiger partial charge in [-0.05, 0) is 40.0 Å². The summed E-state index contributed by atoms with van der Waals surface area (Å²) in [4.78, 5) is 25.9. The molecular weight excluding hydrogens is 334 g/mol. The van der Waals surface area contributed by atoms with Crippen molar-refractivity contribution in [3.05, 3.63) is 30.9 Å². The number of carbonyl (C=O) groups excluding carboxylic acids is 2. The van der Waals surface area contributed by atoms with Crippen LogP contribution in [0, 0.1) is 0 Å². The molecule has 1 aromatic rings. The number of anilines is 1. The van der Waals surface area contributed by atoms with Crippen molar-refractivity contribution < 1.29 is 19.1 Å². The van der Waals surface area contributed by atoms with Crippen LogP contribution in [0.1, 0.15) is 20.8 Å². The average molecular weight is 363 g/mol. The van der Waals surface area contributed by atoms with E-state index in [0.717, 1.165) is 0 Å². The lowest BCUT2D eigenvalue weighted by Gasteiger charge is -2.23. The first-order chi connectivity index (χ1) is 12.4. The zero-order chi connectivity index (χ0) is 19.5. The summed E-state index contributed by atoms with van der Waals surface area (Å²) in [5.74, 6) is 0.844. The van der Waals surface area contributed by atoms with Crippen molar-refractivity contribution >= 4 is 17.5 Å². The fraction of sp³-hybridized carbons (Fsp3) is 0.474. The summed E-state index contributed by atoms with van der Waals surface area (Å²) >= 11 is 0.